The number of nitrogens with zero attached hydrogens (tertiary/aromatic N) is 5. The largest absolute Gasteiger partial charge is 0.430 e. The van der Waals surface area contributed by atoms with Gasteiger partial charge in [-0.3, -0.25) is 9.78 Å². The molecule has 31 heavy (non-hydrogen) atoms. The zero-order valence-electron chi connectivity index (χ0n) is 16.0. The standard InChI is InChI=1S/C22H14N6O3/c29-20-8-3-16(13-31-20)22(30)24-17-4-1-14(2-5-17)18-6-7-19-25-26-21(28(19)27-18)15-9-11-23-12-10-15/h1-13H,(H,24,30). The molecule has 9 heteroatoms. The number of hydrogen-bond acceptors (Lipinski definition) is 7. The molecule has 0 saturated carbocycles. The summed E-state index contributed by atoms with van der Waals surface area (Å²) in [6.45, 7) is 0. The summed E-state index contributed by atoms with van der Waals surface area (Å²) in [7, 11) is 0. The summed E-state index contributed by atoms with van der Waals surface area (Å²) in [4.78, 5) is 27.3. The summed E-state index contributed by atoms with van der Waals surface area (Å²) in [5, 5.41) is 15.8. The first-order chi connectivity index (χ1) is 15.2. The maximum Gasteiger partial charge on any atom is 0.335 e. The maximum atomic E-state index is 12.3. The molecule has 150 valence electrons. The van der Waals surface area contributed by atoms with E-state index in [2.05, 4.69) is 25.6 Å². The van der Waals surface area contributed by atoms with Crippen LogP contribution in [0.1, 0.15) is 10.4 Å². The Labute approximate surface area is 175 Å². The Kier molecular flexibility index (Phi) is 4.53. The highest BCUT2D eigenvalue weighted by Crippen LogP contribution is 2.22. The highest BCUT2D eigenvalue weighted by molar-refractivity contribution is 6.04. The van der Waals surface area contributed by atoms with E-state index < -0.39 is 5.63 Å². The van der Waals surface area contributed by atoms with Gasteiger partial charge >= 0.3 is 5.63 Å². The van der Waals surface area contributed by atoms with Crippen LogP contribution in [0.15, 0.2) is 88.5 Å². The summed E-state index contributed by atoms with van der Waals surface area (Å²) < 4.78 is 6.41. The molecular weight excluding hydrogens is 396 g/mol. The van der Waals surface area contributed by atoms with Crippen LogP contribution in [0.2, 0.25) is 0 Å². The molecule has 1 N–H and O–H groups in total. The Morgan fingerprint density at radius 3 is 2.42 bits per heavy atom. The Morgan fingerprint density at radius 1 is 0.871 bits per heavy atom. The maximum absolute atomic E-state index is 12.3. The van der Waals surface area contributed by atoms with Gasteiger partial charge in [0, 0.05) is 35.3 Å². The molecule has 1 aromatic carbocycles. The summed E-state index contributed by atoms with van der Waals surface area (Å²) in [5.41, 5.74) is 3.43. The van der Waals surface area contributed by atoms with E-state index in [1.54, 1.807) is 29.0 Å². The van der Waals surface area contributed by atoms with Gasteiger partial charge in [0.15, 0.2) is 11.5 Å². The van der Waals surface area contributed by atoms with Crippen LogP contribution in [-0.4, -0.2) is 30.7 Å². The second-order valence-electron chi connectivity index (χ2n) is 6.62. The van der Waals surface area contributed by atoms with Crippen molar-refractivity contribution in [2.45, 2.75) is 0 Å². The number of nitrogens with one attached hydrogen (secondary N) is 1. The lowest BCUT2D eigenvalue weighted by Crippen LogP contribution is -2.12. The van der Waals surface area contributed by atoms with Crippen molar-refractivity contribution in [3.05, 3.63) is 95.3 Å². The monoisotopic (exact) mass is 410 g/mol. The number of carbonyl (C=O) groups is 1. The molecule has 0 unspecified atom stereocenters. The fraction of sp³-hybridized carbons (Fsp3) is 0. The van der Waals surface area contributed by atoms with E-state index >= 15 is 0 Å². The lowest BCUT2D eigenvalue weighted by molar-refractivity contribution is 0.102. The topological polar surface area (TPSA) is 115 Å². The van der Waals surface area contributed by atoms with Crippen LogP contribution in [0, 0.1) is 0 Å². The van der Waals surface area contributed by atoms with E-state index in [4.69, 9.17) is 4.42 Å². The molecule has 0 aliphatic rings. The third-order valence-electron chi connectivity index (χ3n) is 4.60. The molecule has 0 spiro atoms. The van der Waals surface area contributed by atoms with Crippen molar-refractivity contribution >= 4 is 17.2 Å². The lowest BCUT2D eigenvalue weighted by Gasteiger charge is -2.07. The third kappa shape index (κ3) is 3.67. The van der Waals surface area contributed by atoms with Gasteiger partial charge in [-0.25, -0.2) is 4.79 Å². The molecule has 4 aromatic heterocycles. The van der Waals surface area contributed by atoms with E-state index in [0.717, 1.165) is 23.1 Å². The number of anilines is 1. The van der Waals surface area contributed by atoms with Gasteiger partial charge < -0.3 is 9.73 Å². The predicted molar refractivity (Wildman–Crippen MR) is 112 cm³/mol. The normalized spacial score (nSPS) is 10.8. The first-order valence-corrected chi connectivity index (χ1v) is 9.31. The zero-order valence-corrected chi connectivity index (χ0v) is 16.0. The minimum absolute atomic E-state index is 0.257. The first-order valence-electron chi connectivity index (χ1n) is 9.31. The lowest BCUT2D eigenvalue weighted by atomic mass is 10.1. The van der Waals surface area contributed by atoms with Crippen molar-refractivity contribution in [2.24, 2.45) is 0 Å². The van der Waals surface area contributed by atoms with E-state index in [-0.39, 0.29) is 11.5 Å². The molecule has 0 atom stereocenters. The third-order valence-corrected chi connectivity index (χ3v) is 4.60. The predicted octanol–water partition coefficient (Wildman–Crippen LogP) is 3.06. The fourth-order valence-electron chi connectivity index (χ4n) is 3.04. The SMILES string of the molecule is O=C(Nc1ccc(-c2ccc3nnc(-c4ccncc4)n3n2)cc1)c1ccc(=O)oc1. The van der Waals surface area contributed by atoms with Crippen LogP contribution < -0.4 is 10.9 Å². The average molecular weight is 410 g/mol. The summed E-state index contributed by atoms with van der Waals surface area (Å²) in [5.74, 6) is 0.250. The van der Waals surface area contributed by atoms with Gasteiger partial charge in [0.25, 0.3) is 5.91 Å². The molecule has 5 rings (SSSR count). The number of benzene rings is 1. The molecule has 9 nitrogen and oxygen atoms in total. The molecule has 0 saturated heterocycles. The quantitative estimate of drug-likeness (QED) is 0.484. The van der Waals surface area contributed by atoms with Crippen molar-refractivity contribution < 1.29 is 9.21 Å². The molecular formula is C22H14N6O3. The van der Waals surface area contributed by atoms with Crippen LogP contribution in [0.25, 0.3) is 28.3 Å². The van der Waals surface area contributed by atoms with Crippen LogP contribution in [-0.2, 0) is 0 Å². The molecule has 5 aromatic rings. The minimum Gasteiger partial charge on any atom is -0.430 e. The van der Waals surface area contributed by atoms with E-state index in [9.17, 15) is 9.59 Å². The fourth-order valence-corrected chi connectivity index (χ4v) is 3.04. The molecule has 1 amide bonds. The molecule has 4 heterocycles. The van der Waals surface area contributed by atoms with E-state index in [0.29, 0.717) is 17.2 Å². The van der Waals surface area contributed by atoms with Gasteiger partial charge in [-0.1, -0.05) is 12.1 Å². The van der Waals surface area contributed by atoms with Gasteiger partial charge in [-0.2, -0.15) is 9.61 Å². The molecule has 0 radical (unpaired) electrons. The van der Waals surface area contributed by atoms with Gasteiger partial charge in [-0.15, -0.1) is 10.2 Å². The van der Waals surface area contributed by atoms with Gasteiger partial charge in [-0.05, 0) is 42.5 Å². The highest BCUT2D eigenvalue weighted by atomic mass is 16.4. The highest BCUT2D eigenvalue weighted by Gasteiger charge is 2.11. The number of rotatable bonds is 4. The second kappa shape index (κ2) is 7.64. The Hall–Kier alpha value is -4.66. The summed E-state index contributed by atoms with van der Waals surface area (Å²) in [6.07, 6.45) is 4.51. The molecule has 0 aliphatic carbocycles. The number of amides is 1. The van der Waals surface area contributed by atoms with Crippen molar-refractivity contribution in [1.29, 1.82) is 0 Å². The van der Waals surface area contributed by atoms with Gasteiger partial charge in [0.2, 0.25) is 0 Å². The van der Waals surface area contributed by atoms with Crippen LogP contribution >= 0.6 is 0 Å². The van der Waals surface area contributed by atoms with Crippen LogP contribution in [0.3, 0.4) is 0 Å². The van der Waals surface area contributed by atoms with Crippen molar-refractivity contribution in [3.63, 3.8) is 0 Å². The molecule has 0 aliphatic heterocycles. The van der Waals surface area contributed by atoms with Crippen molar-refractivity contribution in [3.8, 4) is 22.6 Å². The molecule has 0 fully saturated rings. The Bertz CT molecular complexity index is 1420. The van der Waals surface area contributed by atoms with Crippen LogP contribution in [0.5, 0.6) is 0 Å². The summed E-state index contributed by atoms with van der Waals surface area (Å²) in [6, 6.07) is 17.3. The van der Waals surface area contributed by atoms with E-state index in [1.807, 2.05) is 36.4 Å². The number of fused-ring (bicyclic) bond motifs is 1. The summed E-state index contributed by atoms with van der Waals surface area (Å²) >= 11 is 0. The van der Waals surface area contributed by atoms with Gasteiger partial charge in [0.05, 0.1) is 11.3 Å². The first kappa shape index (κ1) is 18.4. The zero-order chi connectivity index (χ0) is 21.2. The Balaban J connectivity index is 1.41. The number of carbonyl (C=O) groups excluding carboxylic acids is 1. The smallest absolute Gasteiger partial charge is 0.335 e. The Morgan fingerprint density at radius 2 is 1.68 bits per heavy atom. The average Bonchev–Trinajstić information content (AvgIpc) is 3.24. The van der Waals surface area contributed by atoms with Crippen molar-refractivity contribution in [2.75, 3.05) is 5.32 Å². The van der Waals surface area contributed by atoms with Crippen LogP contribution in [0.4, 0.5) is 5.69 Å². The van der Waals surface area contributed by atoms with Gasteiger partial charge in [0.1, 0.15) is 6.26 Å². The van der Waals surface area contributed by atoms with Crippen molar-refractivity contribution in [1.82, 2.24) is 24.8 Å². The molecule has 0 bridgehead atoms. The number of pyridine rings is 1. The second-order valence-corrected chi connectivity index (χ2v) is 6.62. The van der Waals surface area contributed by atoms with E-state index in [1.165, 1.54) is 12.1 Å². The minimum atomic E-state index is -0.509. The number of aromatic nitrogens is 5. The number of hydrogen-bond donors (Lipinski definition) is 1.